The first-order valence-electron chi connectivity index (χ1n) is 5.05. The number of nitrogens with zero attached hydrogens (tertiary/aromatic N) is 2. The van der Waals surface area contributed by atoms with Crippen molar-refractivity contribution in [2.24, 2.45) is 0 Å². The van der Waals surface area contributed by atoms with Gasteiger partial charge in [-0.1, -0.05) is 19.6 Å². The topological polar surface area (TPSA) is 38.0 Å². The third-order valence-corrected chi connectivity index (χ3v) is 6.15. The normalized spacial score (nSPS) is 16.7. The Bertz CT molecular complexity index is 312. The van der Waals surface area contributed by atoms with Gasteiger partial charge in [0.1, 0.15) is 0 Å². The van der Waals surface area contributed by atoms with E-state index in [-0.39, 0.29) is 0 Å². The van der Waals surface area contributed by atoms with E-state index in [1.165, 1.54) is 0 Å². The summed E-state index contributed by atoms with van der Waals surface area (Å²) in [6, 6.07) is 1.92. The van der Waals surface area contributed by atoms with Gasteiger partial charge in [-0.25, -0.2) is 0 Å². The maximum absolute atomic E-state index is 10.5. The molecular weight excluding hydrogens is 192 g/mol. The quantitative estimate of drug-likeness (QED) is 0.778. The van der Waals surface area contributed by atoms with Crippen LogP contribution in [0.2, 0.25) is 19.6 Å². The molecule has 0 saturated heterocycles. The maximum atomic E-state index is 10.5. The number of hydrogen-bond donors (Lipinski definition) is 1. The van der Waals surface area contributed by atoms with E-state index < -0.39 is 13.3 Å². The van der Waals surface area contributed by atoms with Gasteiger partial charge in [0.2, 0.25) is 0 Å². The van der Waals surface area contributed by atoms with E-state index >= 15 is 0 Å². The van der Waals surface area contributed by atoms with Crippen molar-refractivity contribution in [2.45, 2.75) is 45.3 Å². The molecule has 1 atom stereocenters. The fourth-order valence-electron chi connectivity index (χ4n) is 1.38. The van der Waals surface area contributed by atoms with E-state index in [4.69, 9.17) is 0 Å². The predicted molar refractivity (Wildman–Crippen MR) is 60.8 cm³/mol. The van der Waals surface area contributed by atoms with Crippen molar-refractivity contribution in [1.82, 2.24) is 9.78 Å². The zero-order valence-corrected chi connectivity index (χ0v) is 10.7. The Kier molecular flexibility index (Phi) is 2.87. The molecule has 4 heteroatoms. The molecule has 3 nitrogen and oxygen atoms in total. The Morgan fingerprint density at radius 2 is 2.07 bits per heavy atom. The largest absolute Gasteiger partial charge is 0.388 e. The lowest BCUT2D eigenvalue weighted by Gasteiger charge is -2.35. The molecule has 1 aromatic heterocycles. The van der Waals surface area contributed by atoms with Crippen LogP contribution < -0.4 is 0 Å². The van der Waals surface area contributed by atoms with Gasteiger partial charge >= 0.3 is 0 Å². The number of rotatable bonds is 3. The van der Waals surface area contributed by atoms with Crippen molar-refractivity contribution in [1.29, 1.82) is 0 Å². The molecule has 1 rings (SSSR count). The van der Waals surface area contributed by atoms with Crippen LogP contribution in [0.15, 0.2) is 12.3 Å². The van der Waals surface area contributed by atoms with Crippen molar-refractivity contribution < 1.29 is 5.11 Å². The van der Waals surface area contributed by atoms with E-state index in [2.05, 4.69) is 24.7 Å². The highest BCUT2D eigenvalue weighted by atomic mass is 28.3. The molecule has 80 valence electrons. The van der Waals surface area contributed by atoms with Crippen LogP contribution in [0.4, 0.5) is 0 Å². The minimum absolute atomic E-state index is 0.709. The summed E-state index contributed by atoms with van der Waals surface area (Å²) in [5, 5.41) is 14.0. The summed E-state index contributed by atoms with van der Waals surface area (Å²) in [6.07, 6.45) is 1.76. The average Bonchev–Trinajstić information content (AvgIpc) is 2.49. The molecule has 0 aliphatic heterocycles. The molecule has 0 amide bonds. The fraction of sp³-hybridized carbons (Fsp3) is 0.700. The second-order valence-electron chi connectivity index (χ2n) is 4.85. The van der Waals surface area contributed by atoms with E-state index in [9.17, 15) is 5.11 Å². The van der Waals surface area contributed by atoms with E-state index in [0.29, 0.717) is 0 Å². The SMILES string of the molecule is CCn1nccc1C(C)(O)[Si](C)(C)C. The van der Waals surface area contributed by atoms with Gasteiger partial charge in [0.25, 0.3) is 0 Å². The molecule has 0 aromatic carbocycles. The lowest BCUT2D eigenvalue weighted by atomic mass is 10.3. The minimum Gasteiger partial charge on any atom is -0.388 e. The first kappa shape index (κ1) is 11.5. The summed E-state index contributed by atoms with van der Waals surface area (Å²) < 4.78 is 1.87. The van der Waals surface area contributed by atoms with Crippen LogP contribution in [-0.2, 0) is 11.8 Å². The number of hydrogen-bond acceptors (Lipinski definition) is 2. The molecule has 0 saturated carbocycles. The number of aromatic nitrogens is 2. The summed E-state index contributed by atoms with van der Waals surface area (Å²) in [5.41, 5.74) is 0.944. The van der Waals surface area contributed by atoms with Crippen molar-refractivity contribution in [3.05, 3.63) is 18.0 Å². The Morgan fingerprint density at radius 1 is 1.50 bits per heavy atom. The summed E-state index contributed by atoms with van der Waals surface area (Å²) in [4.78, 5) is 0. The van der Waals surface area contributed by atoms with Crippen LogP contribution in [0.3, 0.4) is 0 Å². The Hall–Kier alpha value is -0.613. The smallest absolute Gasteiger partial charge is 0.0919 e. The highest BCUT2D eigenvalue weighted by molar-refractivity contribution is 6.78. The fourth-order valence-corrected chi connectivity index (χ4v) is 2.36. The van der Waals surface area contributed by atoms with Gasteiger partial charge in [-0.3, -0.25) is 4.68 Å². The Morgan fingerprint density at radius 3 is 2.50 bits per heavy atom. The van der Waals surface area contributed by atoms with Crippen LogP contribution in [-0.4, -0.2) is 23.0 Å². The zero-order valence-electron chi connectivity index (χ0n) is 9.70. The molecule has 0 aliphatic carbocycles. The lowest BCUT2D eigenvalue weighted by molar-refractivity contribution is 0.125. The number of aryl methyl sites for hydroxylation is 1. The zero-order chi connectivity index (χ0) is 11.0. The van der Waals surface area contributed by atoms with Gasteiger partial charge in [-0.15, -0.1) is 0 Å². The average molecular weight is 212 g/mol. The summed E-state index contributed by atoms with van der Waals surface area (Å²) in [7, 11) is -1.64. The first-order chi connectivity index (χ1) is 6.30. The van der Waals surface area contributed by atoms with E-state index in [0.717, 1.165) is 12.2 Å². The Labute approximate surface area is 86.8 Å². The Balaban J connectivity index is 3.16. The van der Waals surface area contributed by atoms with Crippen molar-refractivity contribution >= 4 is 8.07 Å². The van der Waals surface area contributed by atoms with Gasteiger partial charge in [0.15, 0.2) is 0 Å². The molecule has 0 aliphatic rings. The molecule has 14 heavy (non-hydrogen) atoms. The molecule has 1 N–H and O–H groups in total. The van der Waals surface area contributed by atoms with Gasteiger partial charge < -0.3 is 5.11 Å². The van der Waals surface area contributed by atoms with Crippen LogP contribution >= 0.6 is 0 Å². The molecule has 0 bridgehead atoms. The lowest BCUT2D eigenvalue weighted by Crippen LogP contribution is -2.48. The highest BCUT2D eigenvalue weighted by Gasteiger charge is 2.40. The second-order valence-corrected chi connectivity index (χ2v) is 10.3. The molecule has 0 spiro atoms. The molecule has 1 aromatic rings. The molecule has 0 radical (unpaired) electrons. The highest BCUT2D eigenvalue weighted by Crippen LogP contribution is 2.30. The third-order valence-electron chi connectivity index (χ3n) is 2.98. The van der Waals surface area contributed by atoms with Crippen molar-refractivity contribution in [2.75, 3.05) is 0 Å². The maximum Gasteiger partial charge on any atom is 0.0919 e. The van der Waals surface area contributed by atoms with Crippen molar-refractivity contribution in [3.8, 4) is 0 Å². The van der Waals surface area contributed by atoms with Crippen LogP contribution in [0.1, 0.15) is 19.5 Å². The predicted octanol–water partition coefficient (Wildman–Crippen LogP) is 1.99. The van der Waals surface area contributed by atoms with Gasteiger partial charge in [-0.05, 0) is 19.9 Å². The van der Waals surface area contributed by atoms with E-state index in [1.54, 1.807) is 6.20 Å². The summed E-state index contributed by atoms with van der Waals surface area (Å²) in [6.45, 7) is 11.3. The van der Waals surface area contributed by atoms with Gasteiger partial charge in [0.05, 0.1) is 19.0 Å². The van der Waals surface area contributed by atoms with Crippen molar-refractivity contribution in [3.63, 3.8) is 0 Å². The molecule has 0 fully saturated rings. The molecular formula is C10H20N2OSi. The molecule has 1 heterocycles. The first-order valence-corrected chi connectivity index (χ1v) is 8.55. The second kappa shape index (κ2) is 3.51. The summed E-state index contributed by atoms with van der Waals surface area (Å²) in [5.74, 6) is 0. The third kappa shape index (κ3) is 1.76. The number of aliphatic hydroxyl groups is 1. The van der Waals surface area contributed by atoms with Gasteiger partial charge in [-0.2, -0.15) is 5.10 Å². The van der Waals surface area contributed by atoms with Crippen LogP contribution in [0, 0.1) is 0 Å². The summed E-state index contributed by atoms with van der Waals surface area (Å²) >= 11 is 0. The standard InChI is InChI=1S/C10H20N2OSi/c1-6-12-9(7-8-11-12)10(2,13)14(3,4)5/h7-8,13H,6H2,1-5H3. The van der Waals surface area contributed by atoms with Gasteiger partial charge in [0, 0.05) is 12.7 Å². The van der Waals surface area contributed by atoms with Crippen LogP contribution in [0.5, 0.6) is 0 Å². The minimum atomic E-state index is -1.64. The monoisotopic (exact) mass is 212 g/mol. The van der Waals surface area contributed by atoms with Crippen LogP contribution in [0.25, 0.3) is 0 Å². The molecule has 1 unspecified atom stereocenters. The van der Waals surface area contributed by atoms with E-state index in [1.807, 2.05) is 24.6 Å².